The van der Waals surface area contributed by atoms with Gasteiger partial charge >= 0.3 is 5.97 Å². The van der Waals surface area contributed by atoms with Crippen molar-refractivity contribution in [3.63, 3.8) is 0 Å². The minimum Gasteiger partial charge on any atom is -0.495 e. The predicted octanol–water partition coefficient (Wildman–Crippen LogP) is 3.50. The smallest absolute Gasteiger partial charge is 0.328 e. The van der Waals surface area contributed by atoms with E-state index in [4.69, 9.17) is 25.8 Å². The van der Waals surface area contributed by atoms with Gasteiger partial charge in [-0.15, -0.1) is 0 Å². The van der Waals surface area contributed by atoms with Crippen LogP contribution < -0.4 is 14.8 Å². The van der Waals surface area contributed by atoms with E-state index >= 15 is 0 Å². The van der Waals surface area contributed by atoms with Crippen molar-refractivity contribution in [3.05, 3.63) is 17.2 Å². The average Bonchev–Trinajstić information content (AvgIpc) is 2.48. The second kappa shape index (κ2) is 8.62. The van der Waals surface area contributed by atoms with Gasteiger partial charge in [0.1, 0.15) is 17.5 Å². The Balaban J connectivity index is 3.03. The van der Waals surface area contributed by atoms with Crippen molar-refractivity contribution in [2.75, 3.05) is 26.1 Å². The van der Waals surface area contributed by atoms with E-state index in [1.54, 1.807) is 26.2 Å². The summed E-state index contributed by atoms with van der Waals surface area (Å²) in [6.07, 6.45) is 1.51. The number of halogens is 1. The van der Waals surface area contributed by atoms with E-state index in [9.17, 15) is 4.79 Å². The number of carbonyl (C=O) groups is 1. The molecule has 0 saturated carbocycles. The molecule has 1 atom stereocenters. The SMILES string of the molecule is CCCC(Nc1cc(OC)c(Cl)cc1OC)C(=O)OCC. The number of hydrogen-bond acceptors (Lipinski definition) is 5. The molecule has 1 aromatic carbocycles. The Bertz CT molecular complexity index is 479. The molecular formula is C15H22ClNO4. The largest absolute Gasteiger partial charge is 0.495 e. The van der Waals surface area contributed by atoms with Crippen molar-refractivity contribution in [2.45, 2.75) is 32.7 Å². The zero-order valence-electron chi connectivity index (χ0n) is 12.9. The molecule has 1 rings (SSSR count). The number of methoxy groups -OCH3 is 2. The van der Waals surface area contributed by atoms with Crippen molar-refractivity contribution in [2.24, 2.45) is 0 Å². The minimum absolute atomic E-state index is 0.282. The Kier molecular flexibility index (Phi) is 7.15. The molecule has 6 heteroatoms. The van der Waals surface area contributed by atoms with E-state index in [1.807, 2.05) is 6.92 Å². The van der Waals surface area contributed by atoms with Crippen molar-refractivity contribution in [1.82, 2.24) is 0 Å². The summed E-state index contributed by atoms with van der Waals surface area (Å²) >= 11 is 6.07. The van der Waals surface area contributed by atoms with Crippen LogP contribution in [0, 0.1) is 0 Å². The van der Waals surface area contributed by atoms with Crippen LogP contribution in [0.3, 0.4) is 0 Å². The second-order valence-electron chi connectivity index (χ2n) is 4.42. The van der Waals surface area contributed by atoms with E-state index in [2.05, 4.69) is 5.32 Å². The quantitative estimate of drug-likeness (QED) is 0.744. The maximum atomic E-state index is 12.0. The van der Waals surface area contributed by atoms with Crippen LogP contribution in [0.1, 0.15) is 26.7 Å². The molecule has 0 bridgehead atoms. The number of benzene rings is 1. The zero-order chi connectivity index (χ0) is 15.8. The molecule has 0 radical (unpaired) electrons. The molecule has 5 nitrogen and oxygen atoms in total. The molecule has 0 aliphatic carbocycles. The average molecular weight is 316 g/mol. The molecule has 1 aromatic rings. The third kappa shape index (κ3) is 4.70. The highest BCUT2D eigenvalue weighted by molar-refractivity contribution is 6.32. The number of nitrogens with one attached hydrogen (secondary N) is 1. The lowest BCUT2D eigenvalue weighted by Gasteiger charge is -2.20. The molecule has 0 heterocycles. The van der Waals surface area contributed by atoms with Gasteiger partial charge in [-0.05, 0) is 13.3 Å². The van der Waals surface area contributed by atoms with Crippen LogP contribution in [0.4, 0.5) is 5.69 Å². The molecule has 0 amide bonds. The molecule has 0 spiro atoms. The Morgan fingerprint density at radius 2 is 1.90 bits per heavy atom. The number of carbonyl (C=O) groups excluding carboxylic acids is 1. The van der Waals surface area contributed by atoms with Gasteiger partial charge in [0.25, 0.3) is 0 Å². The maximum absolute atomic E-state index is 12.0. The zero-order valence-corrected chi connectivity index (χ0v) is 13.6. The fourth-order valence-electron chi connectivity index (χ4n) is 1.94. The van der Waals surface area contributed by atoms with Crippen LogP contribution in [-0.4, -0.2) is 32.8 Å². The van der Waals surface area contributed by atoms with Crippen LogP contribution in [0.2, 0.25) is 5.02 Å². The monoisotopic (exact) mass is 315 g/mol. The second-order valence-corrected chi connectivity index (χ2v) is 4.83. The number of anilines is 1. The number of esters is 1. The highest BCUT2D eigenvalue weighted by Gasteiger charge is 2.21. The van der Waals surface area contributed by atoms with Gasteiger partial charge in [-0.2, -0.15) is 0 Å². The Hall–Kier alpha value is -1.62. The summed E-state index contributed by atoms with van der Waals surface area (Å²) in [4.78, 5) is 12.0. The summed E-state index contributed by atoms with van der Waals surface area (Å²) in [6, 6.07) is 2.93. The normalized spacial score (nSPS) is 11.7. The first-order valence-corrected chi connectivity index (χ1v) is 7.29. The molecule has 0 aromatic heterocycles. The summed E-state index contributed by atoms with van der Waals surface area (Å²) in [5.41, 5.74) is 0.644. The summed E-state index contributed by atoms with van der Waals surface area (Å²) in [5.74, 6) is 0.778. The van der Waals surface area contributed by atoms with Crippen LogP contribution in [0.5, 0.6) is 11.5 Å². The van der Waals surface area contributed by atoms with Crippen LogP contribution in [-0.2, 0) is 9.53 Å². The number of ether oxygens (including phenoxy) is 3. The third-order valence-electron chi connectivity index (χ3n) is 2.95. The standard InChI is InChI=1S/C15H22ClNO4/c1-5-7-11(15(18)21-6-2)17-12-9-13(19-3)10(16)8-14(12)20-4/h8-9,11,17H,5-7H2,1-4H3. The molecule has 0 aliphatic heterocycles. The van der Waals surface area contributed by atoms with Crippen molar-refractivity contribution >= 4 is 23.3 Å². The van der Waals surface area contributed by atoms with Gasteiger partial charge in [0, 0.05) is 12.1 Å². The van der Waals surface area contributed by atoms with Gasteiger partial charge in [-0.3, -0.25) is 0 Å². The van der Waals surface area contributed by atoms with E-state index in [0.29, 0.717) is 35.2 Å². The molecule has 0 saturated heterocycles. The van der Waals surface area contributed by atoms with Gasteiger partial charge in [0.05, 0.1) is 31.5 Å². The highest BCUT2D eigenvalue weighted by Crippen LogP contribution is 2.36. The lowest BCUT2D eigenvalue weighted by atomic mass is 10.1. The molecule has 1 N–H and O–H groups in total. The molecule has 21 heavy (non-hydrogen) atoms. The Labute approximate surface area is 130 Å². The van der Waals surface area contributed by atoms with E-state index < -0.39 is 6.04 Å². The van der Waals surface area contributed by atoms with Gasteiger partial charge in [-0.1, -0.05) is 24.9 Å². The fourth-order valence-corrected chi connectivity index (χ4v) is 2.17. The van der Waals surface area contributed by atoms with E-state index in [1.165, 1.54) is 7.11 Å². The fraction of sp³-hybridized carbons (Fsp3) is 0.533. The van der Waals surface area contributed by atoms with Gasteiger partial charge in [-0.25, -0.2) is 4.79 Å². The number of hydrogen-bond donors (Lipinski definition) is 1. The van der Waals surface area contributed by atoms with Gasteiger partial charge < -0.3 is 19.5 Å². The molecule has 1 unspecified atom stereocenters. The Morgan fingerprint density at radius 1 is 1.24 bits per heavy atom. The van der Waals surface area contributed by atoms with E-state index in [0.717, 1.165) is 6.42 Å². The van der Waals surface area contributed by atoms with Gasteiger partial charge in [0.15, 0.2) is 0 Å². The van der Waals surface area contributed by atoms with Crippen LogP contribution >= 0.6 is 11.6 Å². The summed E-state index contributed by atoms with van der Waals surface area (Å²) < 4.78 is 15.6. The predicted molar refractivity (Wildman–Crippen MR) is 83.5 cm³/mol. The number of rotatable bonds is 8. The third-order valence-corrected chi connectivity index (χ3v) is 3.25. The minimum atomic E-state index is -0.435. The molecule has 0 aliphatic rings. The van der Waals surface area contributed by atoms with Crippen LogP contribution in [0.25, 0.3) is 0 Å². The van der Waals surface area contributed by atoms with Crippen molar-refractivity contribution in [1.29, 1.82) is 0 Å². The summed E-state index contributed by atoms with van der Waals surface area (Å²) in [6.45, 7) is 4.14. The molecule has 118 valence electrons. The van der Waals surface area contributed by atoms with Crippen molar-refractivity contribution in [3.8, 4) is 11.5 Å². The summed E-state index contributed by atoms with van der Waals surface area (Å²) in [7, 11) is 3.08. The lowest BCUT2D eigenvalue weighted by molar-refractivity contribution is -0.144. The lowest BCUT2D eigenvalue weighted by Crippen LogP contribution is -2.31. The maximum Gasteiger partial charge on any atom is 0.328 e. The van der Waals surface area contributed by atoms with Gasteiger partial charge in [0.2, 0.25) is 0 Å². The molecule has 0 fully saturated rings. The van der Waals surface area contributed by atoms with E-state index in [-0.39, 0.29) is 5.97 Å². The summed E-state index contributed by atoms with van der Waals surface area (Å²) in [5, 5.41) is 3.60. The topological polar surface area (TPSA) is 56.8 Å². The van der Waals surface area contributed by atoms with Crippen LogP contribution in [0.15, 0.2) is 12.1 Å². The first-order valence-electron chi connectivity index (χ1n) is 6.92. The Morgan fingerprint density at radius 3 is 2.43 bits per heavy atom. The molecular weight excluding hydrogens is 294 g/mol. The van der Waals surface area contributed by atoms with Crippen molar-refractivity contribution < 1.29 is 19.0 Å². The first kappa shape index (κ1) is 17.4. The first-order chi connectivity index (χ1) is 10.1. The highest BCUT2D eigenvalue weighted by atomic mass is 35.5.